The number of carbonyl (C=O) groups is 1. The molecule has 1 saturated heterocycles. The van der Waals surface area contributed by atoms with Gasteiger partial charge in [-0.15, -0.1) is 0 Å². The van der Waals surface area contributed by atoms with Crippen LogP contribution in [0.4, 0.5) is 4.79 Å². The second kappa shape index (κ2) is 11.2. The van der Waals surface area contributed by atoms with E-state index in [1.807, 2.05) is 47.1 Å². The van der Waals surface area contributed by atoms with E-state index in [4.69, 9.17) is 14.6 Å². The molecule has 0 bridgehead atoms. The van der Waals surface area contributed by atoms with Crippen LogP contribution in [-0.2, 0) is 17.7 Å². The molecule has 1 aliphatic heterocycles. The summed E-state index contributed by atoms with van der Waals surface area (Å²) in [6, 6.07) is 18.3. The Morgan fingerprint density at radius 2 is 1.88 bits per heavy atom. The minimum absolute atomic E-state index is 0.110. The summed E-state index contributed by atoms with van der Waals surface area (Å²) in [5.41, 5.74) is 5.75. The van der Waals surface area contributed by atoms with E-state index in [1.165, 1.54) is 11.1 Å². The van der Waals surface area contributed by atoms with Crippen LogP contribution >= 0.6 is 0 Å². The number of nitrogens with zero attached hydrogens (tertiary/aromatic N) is 3. The van der Waals surface area contributed by atoms with Crippen molar-refractivity contribution < 1.29 is 14.3 Å². The maximum absolute atomic E-state index is 12.2. The highest BCUT2D eigenvalue weighted by molar-refractivity contribution is 5.67. The topological polar surface area (TPSA) is 68.6 Å². The molecule has 0 saturated carbocycles. The molecule has 4 rings (SSSR count). The third kappa shape index (κ3) is 5.97. The standard InChI is InChI=1S/C27H34N4O3/c1-20-26(21(2)31(29-20)24-9-5-4-6-10-24)19-30-16-15-23(18-30)28-27(32)34-17-7-8-22-11-13-25(33-3)14-12-22/h4-6,9-14,23H,7-8,15-19H2,1-3H3,(H,28,32). The van der Waals surface area contributed by atoms with E-state index in [0.29, 0.717) is 6.61 Å². The molecule has 1 unspecified atom stereocenters. The number of methoxy groups -OCH3 is 1. The van der Waals surface area contributed by atoms with Gasteiger partial charge in [-0.2, -0.15) is 5.10 Å². The van der Waals surface area contributed by atoms with Crippen molar-refractivity contribution in [1.29, 1.82) is 0 Å². The van der Waals surface area contributed by atoms with Crippen LogP contribution < -0.4 is 10.1 Å². The lowest BCUT2D eigenvalue weighted by molar-refractivity contribution is 0.141. The van der Waals surface area contributed by atoms with Gasteiger partial charge in [-0.25, -0.2) is 9.48 Å². The molecule has 0 aliphatic carbocycles. The number of aryl methyl sites for hydroxylation is 2. The molecular weight excluding hydrogens is 428 g/mol. The van der Waals surface area contributed by atoms with Gasteiger partial charge in [0.2, 0.25) is 0 Å². The molecule has 1 aromatic heterocycles. The van der Waals surface area contributed by atoms with Crippen molar-refractivity contribution >= 4 is 6.09 Å². The third-order valence-electron chi connectivity index (χ3n) is 6.42. The van der Waals surface area contributed by atoms with E-state index in [-0.39, 0.29) is 12.1 Å². The number of ether oxygens (including phenoxy) is 2. The van der Waals surface area contributed by atoms with Crippen LogP contribution in [0.5, 0.6) is 5.75 Å². The van der Waals surface area contributed by atoms with Gasteiger partial charge < -0.3 is 14.8 Å². The first-order valence-corrected chi connectivity index (χ1v) is 11.9. The van der Waals surface area contributed by atoms with E-state index in [1.54, 1.807) is 7.11 Å². The lowest BCUT2D eigenvalue weighted by atomic mass is 10.1. The maximum atomic E-state index is 12.2. The molecule has 1 atom stereocenters. The first-order chi connectivity index (χ1) is 16.5. The summed E-state index contributed by atoms with van der Waals surface area (Å²) in [6.07, 6.45) is 2.25. The Balaban J connectivity index is 1.20. The fourth-order valence-corrected chi connectivity index (χ4v) is 4.48. The molecule has 1 fully saturated rings. The number of alkyl carbamates (subject to hydrolysis) is 1. The maximum Gasteiger partial charge on any atom is 0.407 e. The van der Waals surface area contributed by atoms with Crippen molar-refractivity contribution in [3.63, 3.8) is 0 Å². The Labute approximate surface area is 201 Å². The first kappa shape index (κ1) is 23.8. The minimum atomic E-state index is -0.328. The summed E-state index contributed by atoms with van der Waals surface area (Å²) in [7, 11) is 1.66. The first-order valence-electron chi connectivity index (χ1n) is 11.9. The molecule has 7 heteroatoms. The predicted octanol–water partition coefficient (Wildman–Crippen LogP) is 4.43. The van der Waals surface area contributed by atoms with Crippen LogP contribution in [0.15, 0.2) is 54.6 Å². The minimum Gasteiger partial charge on any atom is -0.497 e. The fraction of sp³-hybridized carbons (Fsp3) is 0.407. The lowest BCUT2D eigenvalue weighted by Crippen LogP contribution is -2.37. The Kier molecular flexibility index (Phi) is 7.85. The Bertz CT molecular complexity index is 1080. The van der Waals surface area contributed by atoms with Gasteiger partial charge in [-0.3, -0.25) is 4.90 Å². The zero-order valence-corrected chi connectivity index (χ0v) is 20.3. The zero-order chi connectivity index (χ0) is 23.9. The largest absolute Gasteiger partial charge is 0.497 e. The van der Waals surface area contributed by atoms with Crippen LogP contribution in [0.3, 0.4) is 0 Å². The number of rotatable bonds is 9. The van der Waals surface area contributed by atoms with Gasteiger partial charge in [-0.05, 0) is 62.9 Å². The van der Waals surface area contributed by atoms with Gasteiger partial charge in [0.15, 0.2) is 0 Å². The molecule has 2 heterocycles. The molecule has 0 spiro atoms. The average Bonchev–Trinajstić information content (AvgIpc) is 3.41. The molecule has 1 aliphatic rings. The smallest absolute Gasteiger partial charge is 0.407 e. The summed E-state index contributed by atoms with van der Waals surface area (Å²) in [4.78, 5) is 14.6. The van der Waals surface area contributed by atoms with Crippen molar-refractivity contribution in [3.05, 3.63) is 77.1 Å². The number of para-hydroxylation sites is 1. The molecular formula is C27H34N4O3. The number of amides is 1. The second-order valence-corrected chi connectivity index (χ2v) is 8.85. The second-order valence-electron chi connectivity index (χ2n) is 8.85. The van der Waals surface area contributed by atoms with Gasteiger partial charge in [0.25, 0.3) is 0 Å². The summed E-state index contributed by atoms with van der Waals surface area (Å²) >= 11 is 0. The van der Waals surface area contributed by atoms with Crippen molar-refractivity contribution in [1.82, 2.24) is 20.0 Å². The normalized spacial score (nSPS) is 15.9. The number of carbonyl (C=O) groups excluding carboxylic acids is 1. The van der Waals surface area contributed by atoms with Crippen LogP contribution in [0, 0.1) is 13.8 Å². The van der Waals surface area contributed by atoms with E-state index in [9.17, 15) is 4.79 Å². The van der Waals surface area contributed by atoms with Gasteiger partial charge in [0, 0.05) is 36.9 Å². The highest BCUT2D eigenvalue weighted by Crippen LogP contribution is 2.22. The SMILES string of the molecule is COc1ccc(CCCOC(=O)NC2CCN(Cc3c(C)nn(-c4ccccc4)c3C)C2)cc1. The molecule has 1 N–H and O–H groups in total. The lowest BCUT2D eigenvalue weighted by Gasteiger charge is -2.17. The van der Waals surface area contributed by atoms with Crippen molar-refractivity contribution in [2.45, 2.75) is 45.7 Å². The van der Waals surface area contributed by atoms with Crippen LogP contribution in [0.25, 0.3) is 5.69 Å². The van der Waals surface area contributed by atoms with Crippen molar-refractivity contribution in [3.8, 4) is 11.4 Å². The number of hydrogen-bond donors (Lipinski definition) is 1. The number of hydrogen-bond acceptors (Lipinski definition) is 5. The highest BCUT2D eigenvalue weighted by Gasteiger charge is 2.26. The molecule has 3 aromatic rings. The molecule has 1 amide bonds. The monoisotopic (exact) mass is 462 g/mol. The van der Waals surface area contributed by atoms with Gasteiger partial charge in [0.05, 0.1) is 25.1 Å². The number of likely N-dealkylation sites (tertiary alicyclic amines) is 1. The van der Waals surface area contributed by atoms with Gasteiger partial charge in [0.1, 0.15) is 5.75 Å². The molecule has 0 radical (unpaired) electrons. The van der Waals surface area contributed by atoms with E-state index >= 15 is 0 Å². The number of benzene rings is 2. The summed E-state index contributed by atoms with van der Waals surface area (Å²) in [5.74, 6) is 0.848. The number of nitrogens with one attached hydrogen (secondary N) is 1. The average molecular weight is 463 g/mol. The summed E-state index contributed by atoms with van der Waals surface area (Å²) in [5, 5.41) is 7.78. The van der Waals surface area contributed by atoms with Gasteiger partial charge in [-0.1, -0.05) is 30.3 Å². The van der Waals surface area contributed by atoms with Crippen LogP contribution in [0.2, 0.25) is 0 Å². The highest BCUT2D eigenvalue weighted by atomic mass is 16.5. The molecule has 180 valence electrons. The fourth-order valence-electron chi connectivity index (χ4n) is 4.48. The van der Waals surface area contributed by atoms with E-state index in [0.717, 1.165) is 61.7 Å². The summed E-state index contributed by atoms with van der Waals surface area (Å²) in [6.45, 7) is 7.19. The quantitative estimate of drug-likeness (QED) is 0.477. The Hall–Kier alpha value is -3.32. The van der Waals surface area contributed by atoms with Gasteiger partial charge >= 0.3 is 6.09 Å². The summed E-state index contributed by atoms with van der Waals surface area (Å²) < 4.78 is 12.6. The zero-order valence-electron chi connectivity index (χ0n) is 20.3. The molecule has 7 nitrogen and oxygen atoms in total. The Morgan fingerprint density at radius 1 is 1.12 bits per heavy atom. The Morgan fingerprint density at radius 3 is 2.62 bits per heavy atom. The van der Waals surface area contributed by atoms with Crippen LogP contribution in [0.1, 0.15) is 35.4 Å². The molecule has 34 heavy (non-hydrogen) atoms. The predicted molar refractivity (Wildman–Crippen MR) is 133 cm³/mol. The van der Waals surface area contributed by atoms with Crippen molar-refractivity contribution in [2.24, 2.45) is 0 Å². The third-order valence-corrected chi connectivity index (χ3v) is 6.42. The molecule has 2 aromatic carbocycles. The van der Waals surface area contributed by atoms with Crippen LogP contribution in [-0.4, -0.2) is 53.6 Å². The van der Waals surface area contributed by atoms with E-state index in [2.05, 4.69) is 36.2 Å². The van der Waals surface area contributed by atoms with Crippen molar-refractivity contribution in [2.75, 3.05) is 26.8 Å². The van der Waals surface area contributed by atoms with E-state index < -0.39 is 0 Å². The number of aromatic nitrogens is 2.